The van der Waals surface area contributed by atoms with Gasteiger partial charge in [-0.3, -0.25) is 9.80 Å². The van der Waals surface area contributed by atoms with Crippen molar-refractivity contribution < 1.29 is 14.3 Å². The van der Waals surface area contributed by atoms with Crippen molar-refractivity contribution in [3.63, 3.8) is 0 Å². The van der Waals surface area contributed by atoms with E-state index in [1.165, 1.54) is 0 Å². The summed E-state index contributed by atoms with van der Waals surface area (Å²) < 4.78 is 11.2. The van der Waals surface area contributed by atoms with Gasteiger partial charge in [0.05, 0.1) is 31.8 Å². The predicted molar refractivity (Wildman–Crippen MR) is 125 cm³/mol. The van der Waals surface area contributed by atoms with Crippen molar-refractivity contribution in [2.75, 3.05) is 28.3 Å². The number of hydrogen-bond donors (Lipinski definition) is 1. The molecule has 7 nitrogen and oxygen atoms in total. The van der Waals surface area contributed by atoms with Crippen LogP contribution in [0.3, 0.4) is 0 Å². The van der Waals surface area contributed by atoms with Gasteiger partial charge in [0.1, 0.15) is 5.82 Å². The van der Waals surface area contributed by atoms with E-state index in [1.807, 2.05) is 49.4 Å². The first-order valence-corrected chi connectivity index (χ1v) is 10.8. The van der Waals surface area contributed by atoms with E-state index < -0.39 is 5.92 Å². The molecule has 4 rings (SSSR count). The molecule has 0 fully saturated rings. The molecular formula is C26H28N4O3. The second-order valence-corrected chi connectivity index (χ2v) is 8.38. The van der Waals surface area contributed by atoms with E-state index in [0.717, 1.165) is 11.3 Å². The lowest BCUT2D eigenvalue weighted by atomic mass is 9.72. The quantitative estimate of drug-likeness (QED) is 0.752. The van der Waals surface area contributed by atoms with Crippen LogP contribution in [0, 0.1) is 11.3 Å². The van der Waals surface area contributed by atoms with Crippen molar-refractivity contribution in [1.29, 1.82) is 5.26 Å². The number of nitrogens with zero attached hydrogens (tertiary/aromatic N) is 3. The van der Waals surface area contributed by atoms with Gasteiger partial charge in [-0.2, -0.15) is 5.26 Å². The summed E-state index contributed by atoms with van der Waals surface area (Å²) in [4.78, 5) is 13.7. The highest BCUT2D eigenvalue weighted by Crippen LogP contribution is 2.50. The first kappa shape index (κ1) is 22.4. The van der Waals surface area contributed by atoms with Gasteiger partial charge in [0.25, 0.3) is 0 Å². The molecule has 7 heteroatoms. The van der Waals surface area contributed by atoms with Crippen LogP contribution in [-0.2, 0) is 4.79 Å². The molecule has 0 saturated carbocycles. The van der Waals surface area contributed by atoms with Gasteiger partial charge in [0, 0.05) is 37.3 Å². The Labute approximate surface area is 194 Å². The highest BCUT2D eigenvalue weighted by molar-refractivity contribution is 6.00. The second kappa shape index (κ2) is 9.00. The molecule has 170 valence electrons. The van der Waals surface area contributed by atoms with Crippen molar-refractivity contribution in [2.45, 2.75) is 24.7 Å². The van der Waals surface area contributed by atoms with Gasteiger partial charge in [0.15, 0.2) is 17.3 Å². The highest BCUT2D eigenvalue weighted by atomic mass is 16.5. The predicted octanol–water partition coefficient (Wildman–Crippen LogP) is 3.67. The number of hydrogen-bond acceptors (Lipinski definition) is 7. The van der Waals surface area contributed by atoms with Crippen LogP contribution in [-0.4, -0.2) is 44.1 Å². The van der Waals surface area contributed by atoms with Crippen molar-refractivity contribution in [3.8, 4) is 17.6 Å². The van der Waals surface area contributed by atoms with E-state index in [9.17, 15) is 10.1 Å². The van der Waals surface area contributed by atoms with E-state index in [-0.39, 0.29) is 11.7 Å². The normalized spacial score (nSPS) is 20.6. The Kier molecular flexibility index (Phi) is 6.12. The number of nitriles is 1. The smallest absolute Gasteiger partial charge is 0.164 e. The number of methoxy groups -OCH3 is 2. The zero-order valence-corrected chi connectivity index (χ0v) is 19.3. The molecule has 0 saturated heterocycles. The summed E-state index contributed by atoms with van der Waals surface area (Å²) in [6.45, 7) is 0. The molecule has 1 heterocycles. The number of para-hydroxylation sites is 1. The van der Waals surface area contributed by atoms with Gasteiger partial charge in [0.2, 0.25) is 0 Å². The molecule has 0 aromatic heterocycles. The Morgan fingerprint density at radius 3 is 2.39 bits per heavy atom. The number of rotatable bonds is 5. The highest BCUT2D eigenvalue weighted by Gasteiger charge is 2.44. The van der Waals surface area contributed by atoms with Crippen LogP contribution in [0.15, 0.2) is 71.2 Å². The molecule has 0 amide bonds. The van der Waals surface area contributed by atoms with E-state index in [4.69, 9.17) is 15.2 Å². The lowest BCUT2D eigenvalue weighted by Crippen LogP contribution is -2.46. The van der Waals surface area contributed by atoms with Crippen LogP contribution in [0.1, 0.15) is 35.8 Å². The van der Waals surface area contributed by atoms with Crippen LogP contribution < -0.4 is 15.2 Å². The maximum Gasteiger partial charge on any atom is 0.164 e. The van der Waals surface area contributed by atoms with E-state index in [1.54, 1.807) is 25.3 Å². The van der Waals surface area contributed by atoms with Crippen molar-refractivity contribution >= 4 is 5.78 Å². The van der Waals surface area contributed by atoms with Crippen molar-refractivity contribution in [1.82, 2.24) is 10.0 Å². The number of hydrazine groups is 1. The molecule has 1 aliphatic carbocycles. The van der Waals surface area contributed by atoms with Crippen molar-refractivity contribution in [2.24, 2.45) is 5.73 Å². The average Bonchev–Trinajstić information content (AvgIpc) is 2.82. The van der Waals surface area contributed by atoms with Crippen LogP contribution in [0.5, 0.6) is 11.5 Å². The molecule has 2 N–H and O–H groups in total. The average molecular weight is 445 g/mol. The van der Waals surface area contributed by atoms with Crippen LogP contribution in [0.2, 0.25) is 0 Å². The Hall–Kier alpha value is -3.76. The number of ketones is 1. The lowest BCUT2D eigenvalue weighted by molar-refractivity contribution is -0.117. The number of ether oxygens (including phenoxy) is 2. The van der Waals surface area contributed by atoms with Crippen LogP contribution in [0.4, 0.5) is 0 Å². The first-order chi connectivity index (χ1) is 15.9. The number of nitrogens with two attached hydrogens (primary N) is 1. The number of carbonyl (C=O) groups is 1. The molecule has 0 spiro atoms. The zero-order valence-electron chi connectivity index (χ0n) is 19.3. The topological polar surface area (TPSA) is 91.8 Å². The number of benzene rings is 2. The molecule has 0 bridgehead atoms. The summed E-state index contributed by atoms with van der Waals surface area (Å²) in [7, 11) is 6.83. The van der Waals surface area contributed by atoms with Gasteiger partial charge >= 0.3 is 0 Å². The summed E-state index contributed by atoms with van der Waals surface area (Å²) in [6, 6.07) is 17.8. The monoisotopic (exact) mass is 444 g/mol. The van der Waals surface area contributed by atoms with Gasteiger partial charge in [-0.05, 0) is 24.0 Å². The zero-order chi connectivity index (χ0) is 23.7. The summed E-state index contributed by atoms with van der Waals surface area (Å²) in [5, 5.41) is 13.8. The third-order valence-electron chi connectivity index (χ3n) is 6.36. The van der Waals surface area contributed by atoms with Gasteiger partial charge in [-0.15, -0.1) is 0 Å². The Morgan fingerprint density at radius 2 is 1.79 bits per heavy atom. The van der Waals surface area contributed by atoms with Crippen LogP contribution >= 0.6 is 0 Å². The van der Waals surface area contributed by atoms with E-state index in [0.29, 0.717) is 46.9 Å². The first-order valence-electron chi connectivity index (χ1n) is 10.8. The molecule has 2 aliphatic rings. The summed E-state index contributed by atoms with van der Waals surface area (Å²) in [5.41, 5.74) is 10.1. The maximum absolute atomic E-state index is 13.7. The standard InChI is InChI=1S/C26H28N4O3/c1-29(2)30-20-13-17(16-9-6-5-7-10-16)14-21(31)24(20)23(19(15-27)26(30)28)18-11-8-12-22(32-3)25(18)33-4/h5-12,17,23H,13-14,28H2,1-4H3/t17-,23+/m1/s1. The van der Waals surface area contributed by atoms with E-state index in [2.05, 4.69) is 18.2 Å². The molecule has 2 atom stereocenters. The number of allylic oxidation sites excluding steroid dienone is 3. The molecule has 2 aromatic rings. The van der Waals surface area contributed by atoms with Gasteiger partial charge in [-0.1, -0.05) is 42.5 Å². The van der Waals surface area contributed by atoms with Crippen molar-refractivity contribution in [3.05, 3.63) is 82.3 Å². The summed E-state index contributed by atoms with van der Waals surface area (Å²) >= 11 is 0. The SMILES string of the molecule is COc1cccc([C@H]2C(C#N)=C(N)N(N(C)C)C3=C2C(=O)C[C@H](c2ccccc2)C3)c1OC. The number of carbonyl (C=O) groups excluding carboxylic acids is 1. The lowest BCUT2D eigenvalue weighted by Gasteiger charge is -2.44. The maximum atomic E-state index is 13.7. The third kappa shape index (κ3) is 3.73. The minimum atomic E-state index is -0.629. The van der Waals surface area contributed by atoms with Gasteiger partial charge in [-0.25, -0.2) is 5.01 Å². The van der Waals surface area contributed by atoms with Gasteiger partial charge < -0.3 is 15.2 Å². The minimum Gasteiger partial charge on any atom is -0.493 e. The fraction of sp³-hybridized carbons (Fsp3) is 0.308. The number of Topliss-reactive ketones (excluding diaryl/α,β-unsaturated/α-hetero) is 1. The molecular weight excluding hydrogens is 416 g/mol. The fourth-order valence-electron chi connectivity index (χ4n) is 4.98. The molecule has 2 aromatic carbocycles. The second-order valence-electron chi connectivity index (χ2n) is 8.38. The van der Waals surface area contributed by atoms with Crippen LogP contribution in [0.25, 0.3) is 0 Å². The Morgan fingerprint density at radius 1 is 1.06 bits per heavy atom. The molecule has 1 aliphatic heterocycles. The Bertz CT molecular complexity index is 1180. The largest absolute Gasteiger partial charge is 0.493 e. The third-order valence-corrected chi connectivity index (χ3v) is 6.36. The molecule has 0 radical (unpaired) electrons. The fourth-order valence-corrected chi connectivity index (χ4v) is 4.98. The summed E-state index contributed by atoms with van der Waals surface area (Å²) in [6.07, 6.45) is 0.997. The summed E-state index contributed by atoms with van der Waals surface area (Å²) in [5.74, 6) is 0.756. The molecule has 0 unspecified atom stereocenters. The van der Waals surface area contributed by atoms with E-state index >= 15 is 0 Å². The Balaban J connectivity index is 1.95. The molecule has 33 heavy (non-hydrogen) atoms. The minimum absolute atomic E-state index is 0.00655.